The molecule has 0 aromatic carbocycles. The Bertz CT molecular complexity index is 551. The van der Waals surface area contributed by atoms with Gasteiger partial charge in [0.05, 0.1) is 16.7 Å². The zero-order valence-electron chi connectivity index (χ0n) is 18.0. The van der Waals surface area contributed by atoms with Crippen molar-refractivity contribution in [1.29, 1.82) is 0 Å². The average Bonchev–Trinajstić information content (AvgIpc) is 2.53. The Hall–Kier alpha value is -1.12. The number of ether oxygens (including phenoxy) is 2. The number of carbonyl (C=O) groups excluding carboxylic acids is 3. The molecular weight excluding hydrogens is 379 g/mol. The molecule has 0 aromatic rings. The van der Waals surface area contributed by atoms with E-state index in [0.717, 1.165) is 0 Å². The first-order chi connectivity index (χ1) is 12.2. The first-order valence-electron chi connectivity index (χ1n) is 9.00. The van der Waals surface area contributed by atoms with Gasteiger partial charge in [0.1, 0.15) is 13.2 Å². The molecule has 1 N–H and O–H groups in total. The van der Waals surface area contributed by atoms with Gasteiger partial charge in [-0.15, -0.1) is 0 Å². The molecule has 0 saturated heterocycles. The number of carboxylic acids is 2. The molecule has 9 heteroatoms. The van der Waals surface area contributed by atoms with Gasteiger partial charge in [-0.1, -0.05) is 6.92 Å². The Kier molecular flexibility index (Phi) is 12.9. The first kappa shape index (κ1) is 29.1. The fraction of sp³-hybridized carbons (Fsp3) is 0.789. The van der Waals surface area contributed by atoms with E-state index in [-0.39, 0.29) is 62.0 Å². The van der Waals surface area contributed by atoms with Crippen LogP contribution in [0, 0.1) is 22.7 Å². The summed E-state index contributed by atoms with van der Waals surface area (Å²) in [6.45, 7) is 9.55. The molecule has 0 aliphatic rings. The second-order valence-corrected chi connectivity index (χ2v) is 8.30. The molecule has 8 nitrogen and oxygen atoms in total. The molecule has 0 aliphatic heterocycles. The number of esters is 2. The normalized spacial score (nSPS) is 13.6. The fourth-order valence-electron chi connectivity index (χ4n) is 2.43. The quantitative estimate of drug-likeness (QED) is 0.245. The summed E-state index contributed by atoms with van der Waals surface area (Å²) < 4.78 is 10.1. The smallest absolute Gasteiger partial charge is 0.550 e. The largest absolute Gasteiger partial charge is 1.00 e. The van der Waals surface area contributed by atoms with Crippen LogP contribution < -0.4 is 34.7 Å². The van der Waals surface area contributed by atoms with Crippen LogP contribution in [0.15, 0.2) is 0 Å². The molecule has 2 atom stereocenters. The third-order valence-electron chi connectivity index (χ3n) is 4.22. The number of hydrogen-bond donors (Lipinski definition) is 1. The third-order valence-corrected chi connectivity index (χ3v) is 4.22. The molecule has 2 unspecified atom stereocenters. The van der Waals surface area contributed by atoms with Crippen LogP contribution in [0.25, 0.3) is 0 Å². The molecule has 0 spiro atoms. The molecule has 0 amide bonds. The van der Waals surface area contributed by atoms with Crippen molar-refractivity contribution in [2.24, 2.45) is 22.7 Å². The zero-order chi connectivity index (χ0) is 21.4. The summed E-state index contributed by atoms with van der Waals surface area (Å²) in [7, 11) is 0. The maximum atomic E-state index is 12.3. The van der Waals surface area contributed by atoms with E-state index in [1.807, 2.05) is 0 Å². The van der Waals surface area contributed by atoms with E-state index in [4.69, 9.17) is 14.6 Å². The van der Waals surface area contributed by atoms with Crippen molar-refractivity contribution in [1.82, 2.24) is 0 Å². The summed E-state index contributed by atoms with van der Waals surface area (Å²) in [5.41, 5.74) is -1.82. The maximum absolute atomic E-state index is 12.3. The topological polar surface area (TPSA) is 130 Å². The summed E-state index contributed by atoms with van der Waals surface area (Å²) >= 11 is 0. The van der Waals surface area contributed by atoms with Crippen LogP contribution in [0.5, 0.6) is 0 Å². The van der Waals surface area contributed by atoms with Crippen molar-refractivity contribution in [3.63, 3.8) is 0 Å². The van der Waals surface area contributed by atoms with E-state index >= 15 is 0 Å². The molecule has 0 radical (unpaired) electrons. The predicted octanol–water partition coefficient (Wildman–Crippen LogP) is -1.59. The Morgan fingerprint density at radius 2 is 1.39 bits per heavy atom. The molecule has 0 heterocycles. The minimum atomic E-state index is -1.39. The van der Waals surface area contributed by atoms with Crippen molar-refractivity contribution in [2.75, 3.05) is 13.2 Å². The van der Waals surface area contributed by atoms with Gasteiger partial charge in [0, 0.05) is 11.9 Å². The van der Waals surface area contributed by atoms with Gasteiger partial charge in [-0.05, 0) is 53.9 Å². The fourth-order valence-corrected chi connectivity index (χ4v) is 2.43. The van der Waals surface area contributed by atoms with E-state index in [1.54, 1.807) is 27.7 Å². The van der Waals surface area contributed by atoms with Crippen LogP contribution >= 0.6 is 0 Å². The van der Waals surface area contributed by atoms with Crippen LogP contribution in [0.2, 0.25) is 0 Å². The van der Waals surface area contributed by atoms with Crippen LogP contribution in [0.1, 0.15) is 60.8 Å². The van der Waals surface area contributed by atoms with E-state index in [0.29, 0.717) is 0 Å². The molecule has 0 fully saturated rings. The van der Waals surface area contributed by atoms with Gasteiger partial charge in [-0.3, -0.25) is 14.4 Å². The van der Waals surface area contributed by atoms with Gasteiger partial charge >= 0.3 is 47.5 Å². The van der Waals surface area contributed by atoms with Gasteiger partial charge < -0.3 is 24.5 Å². The van der Waals surface area contributed by atoms with E-state index in [1.165, 1.54) is 13.8 Å². The Labute approximate surface area is 188 Å². The molecule has 0 rings (SSSR count). The second kappa shape index (κ2) is 12.4. The maximum Gasteiger partial charge on any atom is 1.00 e. The minimum Gasteiger partial charge on any atom is -0.550 e. The molecule has 0 bridgehead atoms. The van der Waals surface area contributed by atoms with Crippen LogP contribution in [-0.4, -0.2) is 42.2 Å². The number of carbonyl (C=O) groups is 4. The van der Waals surface area contributed by atoms with Crippen LogP contribution in [-0.2, 0) is 28.7 Å². The van der Waals surface area contributed by atoms with Crippen molar-refractivity contribution < 1.29 is 68.4 Å². The number of hydrogen-bond acceptors (Lipinski definition) is 7. The molecule has 28 heavy (non-hydrogen) atoms. The summed E-state index contributed by atoms with van der Waals surface area (Å²) in [6.07, 6.45) is 0.0525. The first-order valence-corrected chi connectivity index (χ1v) is 9.00. The minimum absolute atomic E-state index is 0. The van der Waals surface area contributed by atoms with E-state index < -0.39 is 46.5 Å². The average molecular weight is 410 g/mol. The Morgan fingerprint density at radius 1 is 0.929 bits per heavy atom. The SMILES string of the molecule is CCC(CC(CC(C)(C)C(=O)OCCOC(=O)C(C)(C)C)C(=O)[O-])C(=O)O.[Na+]. The number of carboxylic acid groups (broad SMARTS) is 2. The Morgan fingerprint density at radius 3 is 1.75 bits per heavy atom. The second-order valence-electron chi connectivity index (χ2n) is 8.30. The van der Waals surface area contributed by atoms with Gasteiger partial charge in [-0.2, -0.15) is 0 Å². The number of aliphatic carboxylic acids is 2. The van der Waals surface area contributed by atoms with Gasteiger partial charge in [0.25, 0.3) is 0 Å². The summed E-state index contributed by atoms with van der Waals surface area (Å²) in [5, 5.41) is 20.5. The van der Waals surface area contributed by atoms with Crippen molar-refractivity contribution in [3.05, 3.63) is 0 Å². The third kappa shape index (κ3) is 10.4. The molecule has 0 aliphatic carbocycles. The van der Waals surface area contributed by atoms with Crippen molar-refractivity contribution >= 4 is 23.9 Å². The molecule has 0 aromatic heterocycles. The molecular formula is C19H31NaO8. The predicted molar refractivity (Wildman–Crippen MR) is 94.3 cm³/mol. The van der Waals surface area contributed by atoms with Gasteiger partial charge in [-0.25, -0.2) is 0 Å². The molecule has 0 saturated carbocycles. The summed E-state index contributed by atoms with van der Waals surface area (Å²) in [6, 6.07) is 0. The standard InChI is InChI=1S/C19H32O8.Na/c1-7-12(14(20)21)10-13(15(22)23)11-19(5,6)17(25)27-9-8-26-16(24)18(2,3)4;/h12-13H,7-11H2,1-6H3,(H,20,21)(H,22,23);/q;+1/p-1. The van der Waals surface area contributed by atoms with Gasteiger partial charge in [0.2, 0.25) is 0 Å². The zero-order valence-corrected chi connectivity index (χ0v) is 20.0. The molecule has 156 valence electrons. The number of rotatable bonds is 11. The van der Waals surface area contributed by atoms with E-state index in [2.05, 4.69) is 0 Å². The summed E-state index contributed by atoms with van der Waals surface area (Å²) in [5.74, 6) is -5.46. The van der Waals surface area contributed by atoms with Crippen LogP contribution in [0.4, 0.5) is 0 Å². The van der Waals surface area contributed by atoms with E-state index in [9.17, 15) is 24.3 Å². The monoisotopic (exact) mass is 410 g/mol. The summed E-state index contributed by atoms with van der Waals surface area (Å²) in [4.78, 5) is 46.4. The van der Waals surface area contributed by atoms with Crippen molar-refractivity contribution in [3.8, 4) is 0 Å². The van der Waals surface area contributed by atoms with Gasteiger partial charge in [0.15, 0.2) is 0 Å². The Balaban J connectivity index is 0. The van der Waals surface area contributed by atoms with Crippen molar-refractivity contribution in [2.45, 2.75) is 60.8 Å². The van der Waals surface area contributed by atoms with Crippen LogP contribution in [0.3, 0.4) is 0 Å².